The van der Waals surface area contributed by atoms with Crippen LogP contribution in [0.3, 0.4) is 0 Å². The summed E-state index contributed by atoms with van der Waals surface area (Å²) in [5.41, 5.74) is 9.96. The summed E-state index contributed by atoms with van der Waals surface area (Å²) in [7, 11) is 0. The molecule has 2 aromatic carbocycles. The summed E-state index contributed by atoms with van der Waals surface area (Å²) in [5, 5.41) is 13.2. The number of carbonyl (C=O) groups excluding carboxylic acids is 1. The van der Waals surface area contributed by atoms with E-state index in [4.69, 9.17) is 5.73 Å². The summed E-state index contributed by atoms with van der Waals surface area (Å²) in [6.45, 7) is 0.636. The van der Waals surface area contributed by atoms with Crippen LogP contribution in [0.25, 0.3) is 10.4 Å². The van der Waals surface area contributed by atoms with Gasteiger partial charge in [-0.15, -0.1) is 16.4 Å². The number of hydrogen-bond acceptors (Lipinski definition) is 5. The third kappa shape index (κ3) is 5.55. The Morgan fingerprint density at radius 3 is 2.74 bits per heavy atom. The number of hydrogen-bond donors (Lipinski definition) is 2. The number of rotatable bonds is 8. The molecule has 6 nitrogen and oxygen atoms in total. The molecule has 1 amide bonds. The van der Waals surface area contributed by atoms with Gasteiger partial charge >= 0.3 is 0 Å². The van der Waals surface area contributed by atoms with Gasteiger partial charge in [0.25, 0.3) is 0 Å². The number of aromatic nitrogens is 3. The molecule has 0 unspecified atom stereocenters. The van der Waals surface area contributed by atoms with Crippen LogP contribution in [-0.4, -0.2) is 20.9 Å². The number of aryl methyl sites for hydroxylation is 3. The predicted octanol–water partition coefficient (Wildman–Crippen LogP) is 4.54. The lowest BCUT2D eigenvalue weighted by atomic mass is 10.1. The Morgan fingerprint density at radius 1 is 1.13 bits per heavy atom. The molecule has 0 spiro atoms. The number of nitrogens with two attached hydrogens (primary N) is 1. The summed E-state index contributed by atoms with van der Waals surface area (Å²) in [4.78, 5) is 13.5. The Bertz CT molecular complexity index is 1160. The number of amides is 1. The molecule has 4 rings (SSSR count). The first-order chi connectivity index (χ1) is 15.1. The van der Waals surface area contributed by atoms with Crippen LogP contribution >= 0.6 is 11.3 Å². The van der Waals surface area contributed by atoms with Gasteiger partial charge in [-0.25, -0.2) is 4.39 Å². The number of nitrogens with one attached hydrogen (secondary N) is 1. The van der Waals surface area contributed by atoms with Crippen molar-refractivity contribution in [1.29, 1.82) is 0 Å². The molecule has 0 saturated heterocycles. The van der Waals surface area contributed by atoms with Gasteiger partial charge in [0.05, 0.1) is 17.1 Å². The zero-order valence-corrected chi connectivity index (χ0v) is 17.6. The number of thiophene rings is 1. The van der Waals surface area contributed by atoms with Gasteiger partial charge in [-0.3, -0.25) is 9.48 Å². The van der Waals surface area contributed by atoms with Crippen molar-refractivity contribution in [3.05, 3.63) is 83.2 Å². The Balaban J connectivity index is 1.29. The highest BCUT2D eigenvalue weighted by Gasteiger charge is 2.10. The standard InChI is InChI=1S/C23H22FN5OS/c24-18-6-3-16(4-7-18)11-12-29-15-19(27-28-29)8-10-23(30)26-21-14-17(5-9-20(21)25)22-2-1-13-31-22/h1-7,9,13-15H,8,10-12,25H2,(H,26,30). The zero-order valence-electron chi connectivity index (χ0n) is 16.8. The summed E-state index contributed by atoms with van der Waals surface area (Å²) in [5.74, 6) is -0.374. The summed E-state index contributed by atoms with van der Waals surface area (Å²) in [6.07, 6.45) is 3.32. The van der Waals surface area contributed by atoms with Gasteiger partial charge in [-0.05, 0) is 53.3 Å². The monoisotopic (exact) mass is 435 g/mol. The molecule has 31 heavy (non-hydrogen) atoms. The van der Waals surface area contributed by atoms with Crippen molar-refractivity contribution in [3.63, 3.8) is 0 Å². The van der Waals surface area contributed by atoms with Crippen LogP contribution < -0.4 is 11.1 Å². The lowest BCUT2D eigenvalue weighted by Crippen LogP contribution is -2.13. The molecule has 8 heteroatoms. The van der Waals surface area contributed by atoms with Gasteiger partial charge in [0.2, 0.25) is 5.91 Å². The number of halogens is 1. The van der Waals surface area contributed by atoms with Crippen LogP contribution in [-0.2, 0) is 24.2 Å². The minimum absolute atomic E-state index is 0.129. The number of carbonyl (C=O) groups is 1. The second kappa shape index (κ2) is 9.53. The highest BCUT2D eigenvalue weighted by atomic mass is 32.1. The average Bonchev–Trinajstić information content (AvgIpc) is 3.46. The van der Waals surface area contributed by atoms with E-state index in [1.54, 1.807) is 34.2 Å². The fourth-order valence-corrected chi connectivity index (χ4v) is 3.90. The maximum Gasteiger partial charge on any atom is 0.224 e. The molecule has 0 radical (unpaired) electrons. The fraction of sp³-hybridized carbons (Fsp3) is 0.174. The number of anilines is 2. The molecule has 0 aliphatic carbocycles. The van der Waals surface area contributed by atoms with E-state index in [1.807, 2.05) is 35.8 Å². The molecule has 4 aromatic rings. The molecule has 2 aromatic heterocycles. The second-order valence-corrected chi connectivity index (χ2v) is 8.12. The van der Waals surface area contributed by atoms with Crippen molar-refractivity contribution in [3.8, 4) is 10.4 Å². The minimum Gasteiger partial charge on any atom is -0.397 e. The van der Waals surface area contributed by atoms with E-state index in [9.17, 15) is 9.18 Å². The average molecular weight is 436 g/mol. The fourth-order valence-electron chi connectivity index (χ4n) is 3.17. The van der Waals surface area contributed by atoms with Gasteiger partial charge in [-0.1, -0.05) is 29.5 Å². The quantitative estimate of drug-likeness (QED) is 0.398. The highest BCUT2D eigenvalue weighted by Crippen LogP contribution is 2.30. The molecule has 0 fully saturated rings. The Morgan fingerprint density at radius 2 is 1.97 bits per heavy atom. The van der Waals surface area contributed by atoms with E-state index in [2.05, 4.69) is 15.6 Å². The number of nitrogen functional groups attached to an aromatic ring is 1. The van der Waals surface area contributed by atoms with Crippen molar-refractivity contribution >= 4 is 28.6 Å². The molecule has 2 heterocycles. The van der Waals surface area contributed by atoms with E-state index in [1.165, 1.54) is 12.1 Å². The van der Waals surface area contributed by atoms with Crippen LogP contribution in [0.2, 0.25) is 0 Å². The molecule has 0 atom stereocenters. The van der Waals surface area contributed by atoms with Gasteiger partial charge < -0.3 is 11.1 Å². The number of benzene rings is 2. The Labute approximate surface area is 183 Å². The highest BCUT2D eigenvalue weighted by molar-refractivity contribution is 7.13. The zero-order chi connectivity index (χ0) is 21.6. The first-order valence-corrected chi connectivity index (χ1v) is 10.8. The van der Waals surface area contributed by atoms with Crippen molar-refractivity contribution in [2.24, 2.45) is 0 Å². The first kappa shape index (κ1) is 20.7. The molecule has 3 N–H and O–H groups in total. The predicted molar refractivity (Wildman–Crippen MR) is 121 cm³/mol. The van der Waals surface area contributed by atoms with E-state index >= 15 is 0 Å². The van der Waals surface area contributed by atoms with E-state index < -0.39 is 0 Å². The molecular weight excluding hydrogens is 413 g/mol. The van der Waals surface area contributed by atoms with Crippen LogP contribution in [0, 0.1) is 5.82 Å². The van der Waals surface area contributed by atoms with Gasteiger partial charge in [-0.2, -0.15) is 0 Å². The molecule has 0 saturated carbocycles. The maximum absolute atomic E-state index is 13.0. The molecule has 0 aliphatic heterocycles. The molecule has 0 bridgehead atoms. The van der Waals surface area contributed by atoms with E-state index in [-0.39, 0.29) is 18.1 Å². The van der Waals surface area contributed by atoms with Crippen LogP contribution in [0.1, 0.15) is 17.7 Å². The summed E-state index contributed by atoms with van der Waals surface area (Å²) in [6, 6.07) is 16.1. The van der Waals surface area contributed by atoms with Crippen LogP contribution in [0.15, 0.2) is 66.2 Å². The van der Waals surface area contributed by atoms with Crippen molar-refractivity contribution in [2.45, 2.75) is 25.8 Å². The normalized spacial score (nSPS) is 10.9. The number of nitrogens with zero attached hydrogens (tertiary/aromatic N) is 3. The smallest absolute Gasteiger partial charge is 0.224 e. The van der Waals surface area contributed by atoms with Crippen molar-refractivity contribution in [1.82, 2.24) is 15.0 Å². The van der Waals surface area contributed by atoms with Gasteiger partial charge in [0.15, 0.2) is 0 Å². The largest absolute Gasteiger partial charge is 0.397 e. The van der Waals surface area contributed by atoms with Crippen LogP contribution in [0.4, 0.5) is 15.8 Å². The molecule has 158 valence electrons. The van der Waals surface area contributed by atoms with Gasteiger partial charge in [0, 0.05) is 30.5 Å². The lowest BCUT2D eigenvalue weighted by Gasteiger charge is -2.09. The topological polar surface area (TPSA) is 85.8 Å². The summed E-state index contributed by atoms with van der Waals surface area (Å²) < 4.78 is 14.7. The maximum atomic E-state index is 13.0. The molecule has 0 aliphatic rings. The first-order valence-electron chi connectivity index (χ1n) is 9.93. The van der Waals surface area contributed by atoms with Crippen LogP contribution in [0.5, 0.6) is 0 Å². The Kier molecular flexibility index (Phi) is 6.37. The second-order valence-electron chi connectivity index (χ2n) is 7.18. The Hall–Kier alpha value is -3.52. The minimum atomic E-state index is -0.245. The summed E-state index contributed by atoms with van der Waals surface area (Å²) >= 11 is 1.63. The third-order valence-corrected chi connectivity index (χ3v) is 5.79. The molecular formula is C23H22FN5OS. The van der Waals surface area contributed by atoms with Crippen molar-refractivity contribution in [2.75, 3.05) is 11.1 Å². The van der Waals surface area contributed by atoms with E-state index in [0.29, 0.717) is 24.3 Å². The van der Waals surface area contributed by atoms with Gasteiger partial charge in [0.1, 0.15) is 5.82 Å². The van der Waals surface area contributed by atoms with Crippen molar-refractivity contribution < 1.29 is 9.18 Å². The third-order valence-electron chi connectivity index (χ3n) is 4.87. The SMILES string of the molecule is Nc1ccc(-c2cccs2)cc1NC(=O)CCc1cn(CCc2ccc(F)cc2)nn1. The van der Waals surface area contributed by atoms with E-state index in [0.717, 1.165) is 28.1 Å². The lowest BCUT2D eigenvalue weighted by molar-refractivity contribution is -0.116.